The molecule has 0 spiro atoms. The number of hydrogen-bond donors (Lipinski definition) is 1. The molecular formula is C12H15NO. The molecule has 0 aliphatic carbocycles. The standard InChI is InChI=1S/C12H15NO/c1-10(14)9-12-6-4-11(5-7-12)3-2-8-13/h2-7H,8-9,13H2,1H3. The Hall–Kier alpha value is -1.41. The lowest BCUT2D eigenvalue weighted by molar-refractivity contribution is -0.116. The van der Waals surface area contributed by atoms with Crippen molar-refractivity contribution in [3.63, 3.8) is 0 Å². The average molecular weight is 189 g/mol. The Balaban J connectivity index is 2.68. The third-order valence-corrected chi connectivity index (χ3v) is 1.88. The maximum absolute atomic E-state index is 10.8. The van der Waals surface area contributed by atoms with Gasteiger partial charge >= 0.3 is 0 Å². The molecule has 0 amide bonds. The number of carbonyl (C=O) groups excluding carboxylic acids is 1. The largest absolute Gasteiger partial charge is 0.327 e. The molecule has 0 aromatic heterocycles. The van der Waals surface area contributed by atoms with E-state index < -0.39 is 0 Å². The predicted octanol–water partition coefficient (Wildman–Crippen LogP) is 1.79. The minimum atomic E-state index is 0.190. The van der Waals surface area contributed by atoms with Crippen LogP contribution >= 0.6 is 0 Å². The van der Waals surface area contributed by atoms with Crippen molar-refractivity contribution in [1.82, 2.24) is 0 Å². The van der Waals surface area contributed by atoms with E-state index in [0.717, 1.165) is 11.1 Å². The minimum Gasteiger partial charge on any atom is -0.327 e. The van der Waals surface area contributed by atoms with Crippen molar-refractivity contribution in [3.05, 3.63) is 41.5 Å². The van der Waals surface area contributed by atoms with Gasteiger partial charge in [-0.05, 0) is 18.1 Å². The molecule has 74 valence electrons. The van der Waals surface area contributed by atoms with Gasteiger partial charge in [-0.1, -0.05) is 36.4 Å². The molecule has 0 aliphatic rings. The first-order valence-corrected chi connectivity index (χ1v) is 4.67. The Morgan fingerprint density at radius 1 is 1.36 bits per heavy atom. The molecule has 0 unspecified atom stereocenters. The zero-order valence-corrected chi connectivity index (χ0v) is 8.36. The molecular weight excluding hydrogens is 174 g/mol. The molecule has 0 saturated carbocycles. The number of benzene rings is 1. The van der Waals surface area contributed by atoms with E-state index in [4.69, 9.17) is 5.73 Å². The number of carbonyl (C=O) groups is 1. The van der Waals surface area contributed by atoms with E-state index in [1.165, 1.54) is 0 Å². The molecule has 0 saturated heterocycles. The van der Waals surface area contributed by atoms with Crippen LogP contribution in [0.25, 0.3) is 6.08 Å². The van der Waals surface area contributed by atoms with Gasteiger partial charge in [0.05, 0.1) is 0 Å². The van der Waals surface area contributed by atoms with Gasteiger partial charge in [0.15, 0.2) is 0 Å². The second-order valence-electron chi connectivity index (χ2n) is 3.26. The van der Waals surface area contributed by atoms with Gasteiger partial charge in [0.25, 0.3) is 0 Å². The SMILES string of the molecule is CC(=O)Cc1ccc(C=CCN)cc1. The molecule has 0 atom stereocenters. The summed E-state index contributed by atoms with van der Waals surface area (Å²) in [6.45, 7) is 2.15. The summed E-state index contributed by atoms with van der Waals surface area (Å²) in [5.41, 5.74) is 7.51. The number of nitrogens with two attached hydrogens (primary N) is 1. The second-order valence-corrected chi connectivity index (χ2v) is 3.26. The maximum atomic E-state index is 10.8. The van der Waals surface area contributed by atoms with E-state index in [1.807, 2.05) is 36.4 Å². The van der Waals surface area contributed by atoms with Crippen LogP contribution < -0.4 is 5.73 Å². The third kappa shape index (κ3) is 3.54. The van der Waals surface area contributed by atoms with E-state index >= 15 is 0 Å². The first kappa shape index (κ1) is 10.7. The van der Waals surface area contributed by atoms with Gasteiger partial charge in [-0.3, -0.25) is 4.79 Å². The van der Waals surface area contributed by atoms with Gasteiger partial charge in [-0.2, -0.15) is 0 Å². The minimum absolute atomic E-state index is 0.190. The van der Waals surface area contributed by atoms with Crippen LogP contribution in [-0.4, -0.2) is 12.3 Å². The van der Waals surface area contributed by atoms with Crippen LogP contribution in [-0.2, 0) is 11.2 Å². The summed E-state index contributed by atoms with van der Waals surface area (Å²) in [6.07, 6.45) is 4.39. The summed E-state index contributed by atoms with van der Waals surface area (Å²) >= 11 is 0. The van der Waals surface area contributed by atoms with Crippen molar-refractivity contribution >= 4 is 11.9 Å². The fourth-order valence-corrected chi connectivity index (χ4v) is 1.24. The van der Waals surface area contributed by atoms with Crippen molar-refractivity contribution in [2.24, 2.45) is 5.73 Å². The highest BCUT2D eigenvalue weighted by Gasteiger charge is 1.96. The highest BCUT2D eigenvalue weighted by molar-refractivity contribution is 5.78. The molecule has 1 aromatic carbocycles. The van der Waals surface area contributed by atoms with Crippen molar-refractivity contribution in [2.45, 2.75) is 13.3 Å². The van der Waals surface area contributed by atoms with Crippen LogP contribution in [0.15, 0.2) is 30.3 Å². The van der Waals surface area contributed by atoms with Gasteiger partial charge < -0.3 is 5.73 Å². The third-order valence-electron chi connectivity index (χ3n) is 1.88. The molecule has 14 heavy (non-hydrogen) atoms. The molecule has 0 bridgehead atoms. The van der Waals surface area contributed by atoms with Crippen LogP contribution in [0.2, 0.25) is 0 Å². The van der Waals surface area contributed by atoms with E-state index in [-0.39, 0.29) is 5.78 Å². The summed E-state index contributed by atoms with van der Waals surface area (Å²) in [4.78, 5) is 10.8. The van der Waals surface area contributed by atoms with Crippen LogP contribution in [0.3, 0.4) is 0 Å². The smallest absolute Gasteiger partial charge is 0.134 e. The van der Waals surface area contributed by atoms with Gasteiger partial charge in [0.2, 0.25) is 0 Å². The van der Waals surface area contributed by atoms with E-state index in [9.17, 15) is 4.79 Å². The Bertz CT molecular complexity index is 325. The van der Waals surface area contributed by atoms with Crippen LogP contribution in [0.1, 0.15) is 18.1 Å². The van der Waals surface area contributed by atoms with Gasteiger partial charge in [-0.15, -0.1) is 0 Å². The first-order chi connectivity index (χ1) is 6.72. The molecule has 2 nitrogen and oxygen atoms in total. The molecule has 2 heteroatoms. The van der Waals surface area contributed by atoms with Crippen LogP contribution in [0.5, 0.6) is 0 Å². The molecule has 1 rings (SSSR count). The highest BCUT2D eigenvalue weighted by atomic mass is 16.1. The fourth-order valence-electron chi connectivity index (χ4n) is 1.24. The summed E-state index contributed by atoms with van der Waals surface area (Å²) in [7, 11) is 0. The quantitative estimate of drug-likeness (QED) is 0.784. The fraction of sp³-hybridized carbons (Fsp3) is 0.250. The summed E-state index contributed by atoms with van der Waals surface area (Å²) < 4.78 is 0. The summed E-state index contributed by atoms with van der Waals surface area (Å²) in [5, 5.41) is 0. The Kier molecular flexibility index (Phi) is 4.08. The second kappa shape index (κ2) is 5.35. The van der Waals surface area contributed by atoms with E-state index in [2.05, 4.69) is 0 Å². The summed E-state index contributed by atoms with van der Waals surface area (Å²) in [6, 6.07) is 7.92. The molecule has 0 fully saturated rings. The van der Waals surface area contributed by atoms with Crippen molar-refractivity contribution in [1.29, 1.82) is 0 Å². The zero-order chi connectivity index (χ0) is 10.4. The normalized spacial score (nSPS) is 10.7. The molecule has 0 radical (unpaired) electrons. The Morgan fingerprint density at radius 3 is 2.50 bits per heavy atom. The first-order valence-electron chi connectivity index (χ1n) is 4.67. The van der Waals surface area contributed by atoms with Gasteiger partial charge in [0.1, 0.15) is 5.78 Å². The van der Waals surface area contributed by atoms with Crippen molar-refractivity contribution in [3.8, 4) is 0 Å². The molecule has 0 heterocycles. The van der Waals surface area contributed by atoms with Crippen LogP contribution in [0.4, 0.5) is 0 Å². The van der Waals surface area contributed by atoms with Crippen molar-refractivity contribution in [2.75, 3.05) is 6.54 Å². The monoisotopic (exact) mass is 189 g/mol. The molecule has 1 aromatic rings. The van der Waals surface area contributed by atoms with Gasteiger partial charge in [-0.25, -0.2) is 0 Å². The lowest BCUT2D eigenvalue weighted by Gasteiger charge is -1.98. The number of rotatable bonds is 4. The molecule has 2 N–H and O–H groups in total. The topological polar surface area (TPSA) is 43.1 Å². The predicted molar refractivity (Wildman–Crippen MR) is 58.9 cm³/mol. The van der Waals surface area contributed by atoms with Gasteiger partial charge in [0, 0.05) is 13.0 Å². The van der Waals surface area contributed by atoms with Crippen molar-refractivity contribution < 1.29 is 4.79 Å². The van der Waals surface area contributed by atoms with E-state index in [1.54, 1.807) is 6.92 Å². The Labute approximate surface area is 84.4 Å². The summed E-state index contributed by atoms with van der Waals surface area (Å²) in [5.74, 6) is 0.190. The maximum Gasteiger partial charge on any atom is 0.134 e. The lowest BCUT2D eigenvalue weighted by Crippen LogP contribution is -1.95. The van der Waals surface area contributed by atoms with E-state index in [0.29, 0.717) is 13.0 Å². The molecule has 0 aliphatic heterocycles. The van der Waals surface area contributed by atoms with Crippen LogP contribution in [0, 0.1) is 0 Å². The lowest BCUT2D eigenvalue weighted by atomic mass is 10.1. The number of hydrogen-bond acceptors (Lipinski definition) is 2. The number of Topliss-reactive ketones (excluding diaryl/α,β-unsaturated/α-hetero) is 1. The zero-order valence-electron chi connectivity index (χ0n) is 8.36. The Morgan fingerprint density at radius 2 is 2.00 bits per heavy atom. The highest BCUT2D eigenvalue weighted by Crippen LogP contribution is 2.06. The number of ketones is 1. The average Bonchev–Trinajstić information content (AvgIpc) is 2.16.